The van der Waals surface area contributed by atoms with Crippen molar-refractivity contribution in [2.45, 2.75) is 11.5 Å². The number of aromatic nitrogens is 1. The van der Waals surface area contributed by atoms with Crippen LogP contribution in [0.5, 0.6) is 5.75 Å². The summed E-state index contributed by atoms with van der Waals surface area (Å²) in [7, 11) is -3.81. The Morgan fingerprint density at radius 2 is 1.81 bits per heavy atom. The highest BCUT2D eigenvalue weighted by atomic mass is 32.2. The number of benzene rings is 3. The minimum atomic E-state index is -3.81. The number of hydrazone groups is 1. The van der Waals surface area contributed by atoms with E-state index >= 15 is 0 Å². The maximum atomic E-state index is 12.2. The molecule has 0 saturated carbocycles. The first-order valence-corrected chi connectivity index (χ1v) is 11.2. The van der Waals surface area contributed by atoms with Crippen LogP contribution in [0.1, 0.15) is 21.5 Å². The maximum Gasteiger partial charge on any atom is 0.271 e. The highest BCUT2D eigenvalue weighted by Gasteiger charge is 2.10. The van der Waals surface area contributed by atoms with E-state index < -0.39 is 15.9 Å². The van der Waals surface area contributed by atoms with Crippen LogP contribution in [-0.2, 0) is 16.6 Å². The fraction of sp³-hybridized carbons (Fsp3) is 0.0435. The average molecular weight is 449 g/mol. The van der Waals surface area contributed by atoms with Crippen molar-refractivity contribution >= 4 is 33.0 Å². The number of aromatic amines is 1. The Balaban J connectivity index is 1.40. The quantitative estimate of drug-likeness (QED) is 0.296. The highest BCUT2D eigenvalue weighted by Crippen LogP contribution is 2.23. The molecule has 1 amide bonds. The van der Waals surface area contributed by atoms with Gasteiger partial charge in [-0.2, -0.15) is 5.10 Å². The lowest BCUT2D eigenvalue weighted by molar-refractivity contribution is 0.0955. The van der Waals surface area contributed by atoms with Crippen molar-refractivity contribution in [2.24, 2.45) is 10.2 Å². The molecule has 162 valence electrons. The van der Waals surface area contributed by atoms with Gasteiger partial charge < -0.3 is 9.72 Å². The van der Waals surface area contributed by atoms with Gasteiger partial charge in [-0.05, 0) is 42.0 Å². The number of nitrogens with one attached hydrogen (secondary N) is 2. The van der Waals surface area contributed by atoms with E-state index in [2.05, 4.69) is 15.5 Å². The highest BCUT2D eigenvalue weighted by molar-refractivity contribution is 7.89. The van der Waals surface area contributed by atoms with Gasteiger partial charge in [0.2, 0.25) is 10.0 Å². The first-order valence-electron chi connectivity index (χ1n) is 9.64. The van der Waals surface area contributed by atoms with Gasteiger partial charge in [-0.25, -0.2) is 19.0 Å². The lowest BCUT2D eigenvalue weighted by Gasteiger charge is -2.06. The molecule has 0 aliphatic carbocycles. The summed E-state index contributed by atoms with van der Waals surface area (Å²) >= 11 is 0. The Hall–Kier alpha value is -3.95. The Labute approximate surface area is 184 Å². The lowest BCUT2D eigenvalue weighted by atomic mass is 10.2. The molecule has 0 spiro atoms. The molecule has 4 rings (SSSR count). The van der Waals surface area contributed by atoms with Crippen molar-refractivity contribution in [3.05, 3.63) is 95.7 Å². The number of nitrogens with zero attached hydrogens (tertiary/aromatic N) is 1. The number of ether oxygens (including phenoxy) is 1. The molecule has 0 aliphatic heterocycles. The van der Waals surface area contributed by atoms with Gasteiger partial charge in [0.1, 0.15) is 12.4 Å². The molecule has 1 heterocycles. The number of fused-ring (bicyclic) bond motifs is 1. The fourth-order valence-electron chi connectivity index (χ4n) is 3.09. The molecule has 4 N–H and O–H groups in total. The minimum Gasteiger partial charge on any atom is -0.489 e. The number of carbonyl (C=O) groups is 1. The number of sulfonamides is 1. The second kappa shape index (κ2) is 9.04. The van der Waals surface area contributed by atoms with Gasteiger partial charge in [0.05, 0.1) is 11.1 Å². The van der Waals surface area contributed by atoms with Crippen molar-refractivity contribution in [2.75, 3.05) is 0 Å². The van der Waals surface area contributed by atoms with Crippen LogP contribution < -0.4 is 15.3 Å². The van der Waals surface area contributed by atoms with E-state index in [1.807, 2.05) is 48.5 Å². The SMILES string of the molecule is NS(=O)(=O)c1ccc(C(=O)NN=Cc2c[nH]c3cc(OCc4ccccc4)ccc23)cc1. The summed E-state index contributed by atoms with van der Waals surface area (Å²) in [6.45, 7) is 0.478. The van der Waals surface area contributed by atoms with Gasteiger partial charge in [-0.1, -0.05) is 30.3 Å². The van der Waals surface area contributed by atoms with Crippen molar-refractivity contribution in [3.63, 3.8) is 0 Å². The van der Waals surface area contributed by atoms with E-state index in [9.17, 15) is 13.2 Å². The summed E-state index contributed by atoms with van der Waals surface area (Å²) < 4.78 is 28.4. The van der Waals surface area contributed by atoms with Crippen LogP contribution in [0, 0.1) is 0 Å². The summed E-state index contributed by atoms with van der Waals surface area (Å²) in [5.41, 5.74) is 5.43. The van der Waals surface area contributed by atoms with E-state index in [0.717, 1.165) is 27.8 Å². The molecule has 0 aliphatic rings. The number of primary sulfonamides is 1. The first-order chi connectivity index (χ1) is 15.4. The van der Waals surface area contributed by atoms with E-state index in [-0.39, 0.29) is 10.5 Å². The van der Waals surface area contributed by atoms with E-state index in [1.165, 1.54) is 30.5 Å². The Morgan fingerprint density at radius 1 is 1.06 bits per heavy atom. The number of amides is 1. The van der Waals surface area contributed by atoms with Gasteiger partial charge in [0.25, 0.3) is 5.91 Å². The number of carbonyl (C=O) groups excluding carboxylic acids is 1. The normalized spacial score (nSPS) is 11.7. The summed E-state index contributed by atoms with van der Waals surface area (Å²) in [5, 5.41) is 9.97. The second-order valence-corrected chi connectivity index (χ2v) is 8.56. The summed E-state index contributed by atoms with van der Waals surface area (Å²) in [4.78, 5) is 15.3. The van der Waals surface area contributed by atoms with Crippen LogP contribution in [0.2, 0.25) is 0 Å². The van der Waals surface area contributed by atoms with Crippen molar-refractivity contribution in [3.8, 4) is 5.75 Å². The largest absolute Gasteiger partial charge is 0.489 e. The maximum absolute atomic E-state index is 12.2. The molecule has 0 unspecified atom stereocenters. The summed E-state index contributed by atoms with van der Waals surface area (Å²) in [5.74, 6) is 0.265. The molecular formula is C23H20N4O4S. The lowest BCUT2D eigenvalue weighted by Crippen LogP contribution is -2.18. The molecule has 9 heteroatoms. The third kappa shape index (κ3) is 5.02. The Morgan fingerprint density at radius 3 is 2.53 bits per heavy atom. The van der Waals surface area contributed by atoms with Crippen molar-refractivity contribution < 1.29 is 17.9 Å². The van der Waals surface area contributed by atoms with Crippen molar-refractivity contribution in [1.29, 1.82) is 0 Å². The Kier molecular flexibility index (Phi) is 6.02. The standard InChI is InChI=1S/C23H20N4O4S/c24-32(29,30)20-9-6-17(7-10-20)23(28)27-26-14-18-13-25-22-12-19(8-11-21(18)22)31-15-16-4-2-1-3-5-16/h1-14,25H,15H2,(H,27,28)(H2,24,29,30). The number of hydrogen-bond donors (Lipinski definition) is 3. The van der Waals surface area contributed by atoms with Gasteiger partial charge in [0.15, 0.2) is 0 Å². The minimum absolute atomic E-state index is 0.0662. The number of hydrogen-bond acceptors (Lipinski definition) is 5. The summed E-state index contributed by atoms with van der Waals surface area (Å²) in [6.07, 6.45) is 3.31. The molecule has 3 aromatic carbocycles. The molecule has 4 aromatic rings. The van der Waals surface area contributed by atoms with Crippen LogP contribution >= 0.6 is 0 Å². The molecular weight excluding hydrogens is 428 g/mol. The molecule has 0 radical (unpaired) electrons. The second-order valence-electron chi connectivity index (χ2n) is 6.99. The van der Waals surface area contributed by atoms with Crippen LogP contribution in [-0.4, -0.2) is 25.5 Å². The van der Waals surface area contributed by atoms with Crippen LogP contribution in [0.4, 0.5) is 0 Å². The third-order valence-electron chi connectivity index (χ3n) is 4.75. The smallest absolute Gasteiger partial charge is 0.271 e. The predicted octanol–water partition coefficient (Wildman–Crippen LogP) is 3.16. The molecule has 1 aromatic heterocycles. The topological polar surface area (TPSA) is 127 Å². The molecule has 0 atom stereocenters. The first kappa shape index (κ1) is 21.3. The van der Waals surface area contributed by atoms with Gasteiger partial charge in [-0.3, -0.25) is 4.79 Å². The molecule has 32 heavy (non-hydrogen) atoms. The Bertz CT molecular complexity index is 1380. The predicted molar refractivity (Wildman–Crippen MR) is 122 cm³/mol. The zero-order valence-corrected chi connectivity index (χ0v) is 17.7. The molecule has 8 nitrogen and oxygen atoms in total. The monoisotopic (exact) mass is 448 g/mol. The molecule has 0 bridgehead atoms. The van der Waals surface area contributed by atoms with Gasteiger partial charge >= 0.3 is 0 Å². The van der Waals surface area contributed by atoms with Gasteiger partial charge in [-0.15, -0.1) is 0 Å². The van der Waals surface area contributed by atoms with Crippen LogP contribution in [0.25, 0.3) is 10.9 Å². The number of H-pyrrole nitrogens is 1. The zero-order valence-electron chi connectivity index (χ0n) is 16.9. The molecule has 0 saturated heterocycles. The average Bonchev–Trinajstić information content (AvgIpc) is 3.20. The zero-order chi connectivity index (χ0) is 22.6. The van der Waals surface area contributed by atoms with Crippen LogP contribution in [0.15, 0.2) is 89.0 Å². The van der Waals surface area contributed by atoms with E-state index in [1.54, 1.807) is 6.20 Å². The number of nitrogens with two attached hydrogens (primary N) is 1. The van der Waals surface area contributed by atoms with E-state index in [0.29, 0.717) is 6.61 Å². The summed E-state index contributed by atoms with van der Waals surface area (Å²) in [6, 6.07) is 20.9. The van der Waals surface area contributed by atoms with Crippen molar-refractivity contribution in [1.82, 2.24) is 10.4 Å². The third-order valence-corrected chi connectivity index (χ3v) is 5.68. The number of rotatable bonds is 7. The fourth-order valence-corrected chi connectivity index (χ4v) is 3.60. The van der Waals surface area contributed by atoms with E-state index in [4.69, 9.17) is 9.88 Å². The van der Waals surface area contributed by atoms with Gasteiger partial charge in [0, 0.05) is 34.3 Å². The van der Waals surface area contributed by atoms with Crippen LogP contribution in [0.3, 0.4) is 0 Å². The molecule has 0 fully saturated rings.